The third-order valence-corrected chi connectivity index (χ3v) is 6.93. The van der Waals surface area contributed by atoms with E-state index >= 15 is 0 Å². The van der Waals surface area contributed by atoms with E-state index in [1.165, 1.54) is 89.0 Å². The zero-order valence-corrected chi connectivity index (χ0v) is 23.2. The molecule has 0 saturated carbocycles. The molecule has 0 fully saturated rings. The predicted molar refractivity (Wildman–Crippen MR) is 152 cm³/mol. The first-order valence-corrected chi connectivity index (χ1v) is 14.7. The van der Waals surface area contributed by atoms with Gasteiger partial charge in [0.05, 0.1) is 11.7 Å². The lowest BCUT2D eigenvalue weighted by Gasteiger charge is -2.14. The maximum Gasteiger partial charge on any atom is 0.343 e. The van der Waals surface area contributed by atoms with E-state index in [0.717, 1.165) is 25.0 Å². The fraction of sp³-hybridized carbons (Fsp3) is 0.606. The van der Waals surface area contributed by atoms with Crippen LogP contribution in [0.15, 0.2) is 48.5 Å². The van der Waals surface area contributed by atoms with Crippen LogP contribution in [-0.2, 0) is 11.2 Å². The number of carbonyl (C=O) groups is 1. The highest BCUT2D eigenvalue weighted by Crippen LogP contribution is 2.22. The van der Waals surface area contributed by atoms with Gasteiger partial charge >= 0.3 is 5.97 Å². The van der Waals surface area contributed by atoms with Crippen molar-refractivity contribution in [3.63, 3.8) is 0 Å². The number of unbranched alkanes of at least 4 members (excludes halogenated alkanes) is 12. The second-order valence-corrected chi connectivity index (χ2v) is 10.2. The van der Waals surface area contributed by atoms with E-state index in [4.69, 9.17) is 9.47 Å². The van der Waals surface area contributed by atoms with Crippen molar-refractivity contribution >= 4 is 5.97 Å². The van der Waals surface area contributed by atoms with Gasteiger partial charge in [0.2, 0.25) is 0 Å². The van der Waals surface area contributed by atoms with Gasteiger partial charge in [-0.1, -0.05) is 115 Å². The normalized spacial score (nSPS) is 12.0. The highest BCUT2D eigenvalue weighted by Gasteiger charge is 2.10. The van der Waals surface area contributed by atoms with E-state index in [1.807, 2.05) is 48.5 Å². The second-order valence-electron chi connectivity index (χ2n) is 10.2. The summed E-state index contributed by atoms with van der Waals surface area (Å²) in [5.74, 6) is 0.250. The van der Waals surface area contributed by atoms with Crippen LogP contribution < -0.4 is 4.74 Å². The Balaban J connectivity index is 1.62. The number of aryl methyl sites for hydroxylation is 1. The molecule has 0 radical (unpaired) electrons. The van der Waals surface area contributed by atoms with Crippen molar-refractivity contribution in [2.75, 3.05) is 6.61 Å². The summed E-state index contributed by atoms with van der Waals surface area (Å²) in [6.07, 6.45) is 19.4. The van der Waals surface area contributed by atoms with Crippen LogP contribution in [-0.4, -0.2) is 12.6 Å². The van der Waals surface area contributed by atoms with Crippen molar-refractivity contribution < 1.29 is 14.3 Å². The van der Waals surface area contributed by atoms with E-state index in [2.05, 4.69) is 20.8 Å². The molecule has 2 rings (SSSR count). The molecular formula is C33H50O3. The van der Waals surface area contributed by atoms with Gasteiger partial charge in [-0.2, -0.15) is 0 Å². The molecule has 3 heteroatoms. The largest absolute Gasteiger partial charge is 0.423 e. The quantitative estimate of drug-likeness (QED) is 0.104. The van der Waals surface area contributed by atoms with Crippen LogP contribution >= 0.6 is 0 Å². The van der Waals surface area contributed by atoms with Gasteiger partial charge < -0.3 is 9.47 Å². The van der Waals surface area contributed by atoms with Gasteiger partial charge in [0.15, 0.2) is 0 Å². The smallest absolute Gasteiger partial charge is 0.343 e. The molecule has 1 unspecified atom stereocenters. The molecule has 0 amide bonds. The van der Waals surface area contributed by atoms with Gasteiger partial charge in [-0.15, -0.1) is 0 Å². The second kappa shape index (κ2) is 19.0. The lowest BCUT2D eigenvalue weighted by molar-refractivity contribution is 0.0627. The molecule has 0 aliphatic rings. The van der Waals surface area contributed by atoms with E-state index in [-0.39, 0.29) is 12.1 Å². The summed E-state index contributed by atoms with van der Waals surface area (Å²) in [7, 11) is 0. The van der Waals surface area contributed by atoms with Crippen molar-refractivity contribution in [1.82, 2.24) is 0 Å². The van der Waals surface area contributed by atoms with E-state index in [9.17, 15) is 4.79 Å². The Kier molecular flexibility index (Phi) is 15.9. The first-order valence-electron chi connectivity index (χ1n) is 14.7. The molecule has 0 aromatic heterocycles. The van der Waals surface area contributed by atoms with Gasteiger partial charge in [-0.05, 0) is 61.6 Å². The molecule has 2 aromatic rings. The van der Waals surface area contributed by atoms with E-state index in [1.54, 1.807) is 0 Å². The zero-order valence-electron chi connectivity index (χ0n) is 23.2. The third kappa shape index (κ3) is 12.7. The van der Waals surface area contributed by atoms with Gasteiger partial charge in [0.25, 0.3) is 0 Å². The molecule has 1 atom stereocenters. The highest BCUT2D eigenvalue weighted by molar-refractivity contribution is 5.91. The van der Waals surface area contributed by atoms with Crippen LogP contribution in [0.4, 0.5) is 0 Å². The average Bonchev–Trinajstić information content (AvgIpc) is 2.90. The van der Waals surface area contributed by atoms with Crippen LogP contribution in [0.3, 0.4) is 0 Å². The number of rotatable bonds is 20. The molecule has 0 aliphatic heterocycles. The molecule has 0 saturated heterocycles. The summed E-state index contributed by atoms with van der Waals surface area (Å²) in [6.45, 7) is 7.37. The van der Waals surface area contributed by atoms with Crippen molar-refractivity contribution in [3.8, 4) is 5.75 Å². The number of carbonyl (C=O) groups excluding carboxylic acids is 1. The van der Waals surface area contributed by atoms with Crippen molar-refractivity contribution in [2.24, 2.45) is 0 Å². The van der Waals surface area contributed by atoms with Crippen LogP contribution in [0.2, 0.25) is 0 Å². The van der Waals surface area contributed by atoms with Gasteiger partial charge in [-0.25, -0.2) is 4.79 Å². The Morgan fingerprint density at radius 3 is 1.78 bits per heavy atom. The third-order valence-electron chi connectivity index (χ3n) is 6.93. The summed E-state index contributed by atoms with van der Waals surface area (Å²) < 4.78 is 11.6. The molecule has 36 heavy (non-hydrogen) atoms. The Hall–Kier alpha value is -2.13. The van der Waals surface area contributed by atoms with Crippen LogP contribution in [0.1, 0.15) is 138 Å². The van der Waals surface area contributed by atoms with Crippen LogP contribution in [0.25, 0.3) is 0 Å². The van der Waals surface area contributed by atoms with Crippen molar-refractivity contribution in [3.05, 3.63) is 65.2 Å². The number of ether oxygens (including phenoxy) is 2. The maximum absolute atomic E-state index is 12.5. The molecule has 0 aliphatic carbocycles. The summed E-state index contributed by atoms with van der Waals surface area (Å²) in [5, 5.41) is 0. The SMILES string of the molecule is CCCCCCCCCCCCOC(C)c1ccc(OC(=O)c2ccc(CCCCCC)cc2)cc1. The lowest BCUT2D eigenvalue weighted by atomic mass is 10.0. The molecule has 0 bridgehead atoms. The number of esters is 1. The monoisotopic (exact) mass is 494 g/mol. The summed E-state index contributed by atoms with van der Waals surface area (Å²) in [5.41, 5.74) is 2.97. The van der Waals surface area contributed by atoms with Gasteiger partial charge in [0.1, 0.15) is 5.75 Å². The molecule has 0 spiro atoms. The number of hydrogen-bond acceptors (Lipinski definition) is 3. The maximum atomic E-state index is 12.5. The minimum atomic E-state index is -0.314. The molecule has 200 valence electrons. The first kappa shape index (κ1) is 30.1. The minimum Gasteiger partial charge on any atom is -0.423 e. The fourth-order valence-corrected chi connectivity index (χ4v) is 4.48. The Bertz CT molecular complexity index is 810. The molecule has 3 nitrogen and oxygen atoms in total. The minimum absolute atomic E-state index is 0.0400. The standard InChI is InChI=1S/C33H50O3/c1-4-6-8-10-11-12-13-14-15-17-27-35-28(3)30-23-25-32(26-24-30)36-33(34)31-21-19-29(20-22-31)18-16-9-7-5-2/h19-26,28H,4-18,27H2,1-3H3. The summed E-state index contributed by atoms with van der Waals surface area (Å²) in [4.78, 5) is 12.5. The Morgan fingerprint density at radius 1 is 0.667 bits per heavy atom. The van der Waals surface area contributed by atoms with Crippen LogP contribution in [0.5, 0.6) is 5.75 Å². The number of hydrogen-bond donors (Lipinski definition) is 0. The summed E-state index contributed by atoms with van der Waals surface area (Å²) in [6, 6.07) is 15.5. The van der Waals surface area contributed by atoms with Gasteiger partial charge in [-0.3, -0.25) is 0 Å². The van der Waals surface area contributed by atoms with Crippen LogP contribution in [0, 0.1) is 0 Å². The van der Waals surface area contributed by atoms with Gasteiger partial charge in [0, 0.05) is 6.61 Å². The van der Waals surface area contributed by atoms with E-state index < -0.39 is 0 Å². The number of benzene rings is 2. The fourth-order valence-electron chi connectivity index (χ4n) is 4.48. The first-order chi connectivity index (χ1) is 17.6. The van der Waals surface area contributed by atoms with Crippen molar-refractivity contribution in [1.29, 1.82) is 0 Å². The Labute approximate surface area is 221 Å². The molecule has 0 heterocycles. The Morgan fingerprint density at radius 2 is 1.19 bits per heavy atom. The molecule has 2 aromatic carbocycles. The zero-order chi connectivity index (χ0) is 25.8. The van der Waals surface area contributed by atoms with Crippen molar-refractivity contribution in [2.45, 2.75) is 123 Å². The predicted octanol–water partition coefficient (Wildman–Crippen LogP) is 10.0. The topological polar surface area (TPSA) is 35.5 Å². The lowest BCUT2D eigenvalue weighted by Crippen LogP contribution is -2.08. The molecular weight excluding hydrogens is 444 g/mol. The molecule has 0 N–H and O–H groups in total. The highest BCUT2D eigenvalue weighted by atomic mass is 16.5. The van der Waals surface area contributed by atoms with E-state index in [0.29, 0.717) is 11.3 Å². The average molecular weight is 495 g/mol. The summed E-state index contributed by atoms with van der Waals surface area (Å²) >= 11 is 0.